The zero-order valence-electron chi connectivity index (χ0n) is 15.1. The lowest BCUT2D eigenvalue weighted by Gasteiger charge is -2.31. The van der Waals surface area contributed by atoms with Gasteiger partial charge < -0.3 is 4.90 Å². The van der Waals surface area contributed by atoms with Crippen molar-refractivity contribution in [3.05, 3.63) is 59.7 Å². The van der Waals surface area contributed by atoms with Crippen LogP contribution in [-0.2, 0) is 10.0 Å². The fourth-order valence-corrected chi connectivity index (χ4v) is 4.42. The Morgan fingerprint density at radius 2 is 1.88 bits per heavy atom. The number of hydrogen-bond acceptors (Lipinski definition) is 3. The van der Waals surface area contributed by atoms with Crippen molar-refractivity contribution in [2.75, 3.05) is 17.8 Å². The van der Waals surface area contributed by atoms with E-state index in [0.29, 0.717) is 17.2 Å². The van der Waals surface area contributed by atoms with E-state index in [2.05, 4.69) is 11.6 Å². The first kappa shape index (κ1) is 18.5. The number of amides is 1. The SMILES string of the molecule is Cc1cc(C(=O)N2CCC[C@H](C)C2)ccc1NS(=O)(=O)c1ccccc1. The van der Waals surface area contributed by atoms with Gasteiger partial charge in [-0.25, -0.2) is 8.42 Å². The van der Waals surface area contributed by atoms with E-state index in [1.807, 2.05) is 4.90 Å². The summed E-state index contributed by atoms with van der Waals surface area (Å²) in [5.41, 5.74) is 1.80. The van der Waals surface area contributed by atoms with Gasteiger partial charge in [-0.05, 0) is 61.6 Å². The number of piperidine rings is 1. The van der Waals surface area contributed by atoms with Crippen LogP contribution in [-0.4, -0.2) is 32.3 Å². The van der Waals surface area contributed by atoms with Crippen molar-refractivity contribution in [1.82, 2.24) is 4.90 Å². The van der Waals surface area contributed by atoms with Gasteiger partial charge in [0, 0.05) is 18.7 Å². The standard InChI is InChI=1S/C20H24N2O3S/c1-15-7-6-12-22(14-15)20(23)17-10-11-19(16(2)13-17)21-26(24,25)18-8-4-3-5-9-18/h3-5,8-11,13,15,21H,6-7,12,14H2,1-2H3/t15-/m0/s1. The molecule has 1 heterocycles. The summed E-state index contributed by atoms with van der Waals surface area (Å²) in [5.74, 6) is 0.530. The molecule has 1 saturated heterocycles. The third-order valence-corrected chi connectivity index (χ3v) is 6.10. The van der Waals surface area contributed by atoms with Crippen LogP contribution in [0.5, 0.6) is 0 Å². The monoisotopic (exact) mass is 372 g/mol. The van der Waals surface area contributed by atoms with Crippen LogP contribution in [0.2, 0.25) is 0 Å². The number of carbonyl (C=O) groups excluding carboxylic acids is 1. The minimum Gasteiger partial charge on any atom is -0.338 e. The lowest BCUT2D eigenvalue weighted by molar-refractivity contribution is 0.0683. The third kappa shape index (κ3) is 4.07. The van der Waals surface area contributed by atoms with Gasteiger partial charge in [0.05, 0.1) is 10.6 Å². The van der Waals surface area contributed by atoms with E-state index in [1.165, 1.54) is 0 Å². The lowest BCUT2D eigenvalue weighted by atomic mass is 9.99. The fourth-order valence-electron chi connectivity index (χ4n) is 3.27. The Bertz CT molecular complexity index is 895. The molecule has 0 bridgehead atoms. The number of anilines is 1. The molecule has 3 rings (SSSR count). The van der Waals surface area contributed by atoms with Crippen molar-refractivity contribution in [1.29, 1.82) is 0 Å². The van der Waals surface area contributed by atoms with Crippen molar-refractivity contribution >= 4 is 21.6 Å². The molecule has 1 N–H and O–H groups in total. The van der Waals surface area contributed by atoms with E-state index in [0.717, 1.165) is 31.5 Å². The summed E-state index contributed by atoms with van der Waals surface area (Å²) >= 11 is 0. The molecular weight excluding hydrogens is 348 g/mol. The van der Waals surface area contributed by atoms with Gasteiger partial charge in [-0.1, -0.05) is 25.1 Å². The Kier molecular flexibility index (Phi) is 5.32. The summed E-state index contributed by atoms with van der Waals surface area (Å²) in [6.07, 6.45) is 2.18. The van der Waals surface area contributed by atoms with Gasteiger partial charge in [0.2, 0.25) is 0 Å². The summed E-state index contributed by atoms with van der Waals surface area (Å²) < 4.78 is 27.5. The molecule has 1 atom stereocenters. The number of aryl methyl sites for hydroxylation is 1. The van der Waals surface area contributed by atoms with E-state index in [-0.39, 0.29) is 10.8 Å². The number of sulfonamides is 1. The Hall–Kier alpha value is -2.34. The van der Waals surface area contributed by atoms with Crippen LogP contribution in [0.3, 0.4) is 0 Å². The number of hydrogen-bond donors (Lipinski definition) is 1. The van der Waals surface area contributed by atoms with Gasteiger partial charge >= 0.3 is 0 Å². The van der Waals surface area contributed by atoms with Crippen LogP contribution >= 0.6 is 0 Å². The minimum absolute atomic E-state index is 0.0112. The van der Waals surface area contributed by atoms with E-state index in [4.69, 9.17) is 0 Å². The predicted octanol–water partition coefficient (Wildman–Crippen LogP) is 3.67. The van der Waals surface area contributed by atoms with Crippen LogP contribution in [0, 0.1) is 12.8 Å². The molecule has 0 aromatic heterocycles. The fraction of sp³-hybridized carbons (Fsp3) is 0.350. The second-order valence-corrected chi connectivity index (χ2v) is 8.63. The zero-order valence-corrected chi connectivity index (χ0v) is 15.9. The third-order valence-electron chi connectivity index (χ3n) is 4.72. The maximum atomic E-state index is 12.7. The molecule has 6 heteroatoms. The van der Waals surface area contributed by atoms with Gasteiger partial charge in [-0.2, -0.15) is 0 Å². The average Bonchev–Trinajstić information content (AvgIpc) is 2.63. The Morgan fingerprint density at radius 3 is 2.54 bits per heavy atom. The second kappa shape index (κ2) is 7.50. The van der Waals surface area contributed by atoms with Crippen LogP contribution < -0.4 is 4.72 Å². The molecular formula is C20H24N2O3S. The predicted molar refractivity (Wildman–Crippen MR) is 103 cm³/mol. The van der Waals surface area contributed by atoms with Crippen molar-refractivity contribution < 1.29 is 13.2 Å². The largest absolute Gasteiger partial charge is 0.338 e. The van der Waals surface area contributed by atoms with E-state index < -0.39 is 10.0 Å². The number of benzene rings is 2. The van der Waals surface area contributed by atoms with E-state index in [9.17, 15) is 13.2 Å². The van der Waals surface area contributed by atoms with Crippen molar-refractivity contribution in [2.24, 2.45) is 5.92 Å². The Morgan fingerprint density at radius 1 is 1.15 bits per heavy atom. The molecule has 5 nitrogen and oxygen atoms in total. The normalized spacial score (nSPS) is 17.8. The highest BCUT2D eigenvalue weighted by Crippen LogP contribution is 2.23. The smallest absolute Gasteiger partial charge is 0.261 e. The van der Waals surface area contributed by atoms with Crippen molar-refractivity contribution in [3.8, 4) is 0 Å². The molecule has 1 aliphatic rings. The van der Waals surface area contributed by atoms with Gasteiger partial charge in [-0.3, -0.25) is 9.52 Å². The molecule has 1 amide bonds. The van der Waals surface area contributed by atoms with E-state index in [1.54, 1.807) is 55.5 Å². The number of nitrogens with one attached hydrogen (secondary N) is 1. The molecule has 2 aromatic rings. The molecule has 0 aliphatic carbocycles. The average molecular weight is 372 g/mol. The highest BCUT2D eigenvalue weighted by Gasteiger charge is 2.23. The summed E-state index contributed by atoms with van der Waals surface area (Å²) in [6.45, 7) is 5.52. The lowest BCUT2D eigenvalue weighted by Crippen LogP contribution is -2.39. The summed E-state index contributed by atoms with van der Waals surface area (Å²) in [4.78, 5) is 14.8. The van der Waals surface area contributed by atoms with Crippen LogP contribution in [0.1, 0.15) is 35.7 Å². The zero-order chi connectivity index (χ0) is 18.7. The molecule has 0 unspecified atom stereocenters. The molecule has 0 saturated carbocycles. The van der Waals surface area contributed by atoms with Crippen LogP contribution in [0.4, 0.5) is 5.69 Å². The first-order valence-corrected chi connectivity index (χ1v) is 10.3. The Balaban J connectivity index is 1.78. The summed E-state index contributed by atoms with van der Waals surface area (Å²) in [6, 6.07) is 13.3. The minimum atomic E-state index is -3.64. The van der Waals surface area contributed by atoms with Gasteiger partial charge in [0.1, 0.15) is 0 Å². The van der Waals surface area contributed by atoms with Crippen molar-refractivity contribution in [2.45, 2.75) is 31.6 Å². The summed E-state index contributed by atoms with van der Waals surface area (Å²) in [5, 5.41) is 0. The maximum absolute atomic E-state index is 12.7. The highest BCUT2D eigenvalue weighted by atomic mass is 32.2. The second-order valence-electron chi connectivity index (χ2n) is 6.95. The molecule has 26 heavy (non-hydrogen) atoms. The van der Waals surface area contributed by atoms with Crippen molar-refractivity contribution in [3.63, 3.8) is 0 Å². The molecule has 1 fully saturated rings. The van der Waals surface area contributed by atoms with Crippen LogP contribution in [0.25, 0.3) is 0 Å². The van der Waals surface area contributed by atoms with Gasteiger partial charge in [-0.15, -0.1) is 0 Å². The number of carbonyl (C=O) groups is 1. The quantitative estimate of drug-likeness (QED) is 0.890. The van der Waals surface area contributed by atoms with Crippen LogP contribution in [0.15, 0.2) is 53.4 Å². The number of nitrogens with zero attached hydrogens (tertiary/aromatic N) is 1. The molecule has 0 radical (unpaired) electrons. The van der Waals surface area contributed by atoms with Gasteiger partial charge in [0.15, 0.2) is 0 Å². The molecule has 2 aromatic carbocycles. The maximum Gasteiger partial charge on any atom is 0.261 e. The van der Waals surface area contributed by atoms with E-state index >= 15 is 0 Å². The topological polar surface area (TPSA) is 66.5 Å². The molecule has 1 aliphatic heterocycles. The summed E-state index contributed by atoms with van der Waals surface area (Å²) in [7, 11) is -3.64. The highest BCUT2D eigenvalue weighted by molar-refractivity contribution is 7.92. The first-order valence-electron chi connectivity index (χ1n) is 8.84. The number of likely N-dealkylation sites (tertiary alicyclic amines) is 1. The Labute approximate surface area is 155 Å². The van der Waals surface area contributed by atoms with Gasteiger partial charge in [0.25, 0.3) is 15.9 Å². The molecule has 0 spiro atoms. The first-order chi connectivity index (χ1) is 12.4. The number of rotatable bonds is 4. The molecule has 138 valence electrons.